The number of carbonyl (C=O) groups is 1. The van der Waals surface area contributed by atoms with Gasteiger partial charge in [0, 0.05) is 18.5 Å². The third-order valence-electron chi connectivity index (χ3n) is 3.62. The summed E-state index contributed by atoms with van der Waals surface area (Å²) in [4.78, 5) is 11.9. The minimum absolute atomic E-state index is 0.0172. The smallest absolute Gasteiger partial charge is 0.223 e. The molecule has 4 N–H and O–H groups in total. The summed E-state index contributed by atoms with van der Waals surface area (Å²) in [5.74, 6) is 0.629. The number of rotatable bonds is 6. The Balaban J connectivity index is 1.69. The number of aliphatic hydroxyl groups is 1. The number of benzene rings is 1. The van der Waals surface area contributed by atoms with E-state index in [1.807, 2.05) is 24.3 Å². The van der Waals surface area contributed by atoms with Crippen LogP contribution < -0.4 is 15.8 Å². The van der Waals surface area contributed by atoms with E-state index in [1.165, 1.54) is 0 Å². The molecule has 116 valence electrons. The number of ether oxygens (including phenoxy) is 1. The summed E-state index contributed by atoms with van der Waals surface area (Å²) in [6.07, 6.45) is 1.72. The van der Waals surface area contributed by atoms with Crippen molar-refractivity contribution in [3.63, 3.8) is 0 Å². The second kappa shape index (κ2) is 7.77. The second-order valence-corrected chi connectivity index (χ2v) is 6.26. The van der Waals surface area contributed by atoms with Crippen LogP contribution in [0.2, 0.25) is 0 Å². The number of hydrogen-bond acceptors (Lipinski definition) is 4. The minimum Gasteiger partial charge on any atom is -0.490 e. The van der Waals surface area contributed by atoms with Crippen LogP contribution >= 0.6 is 15.9 Å². The molecule has 6 heteroatoms. The number of nitrogens with one attached hydrogen (secondary N) is 1. The quantitative estimate of drug-likeness (QED) is 0.719. The van der Waals surface area contributed by atoms with Crippen molar-refractivity contribution in [2.75, 3.05) is 13.2 Å². The summed E-state index contributed by atoms with van der Waals surface area (Å²) >= 11 is 3.37. The molecule has 0 aromatic heterocycles. The average Bonchev–Trinajstić information content (AvgIpc) is 2.90. The van der Waals surface area contributed by atoms with E-state index in [0.29, 0.717) is 5.75 Å². The van der Waals surface area contributed by atoms with Crippen molar-refractivity contribution in [1.82, 2.24) is 5.32 Å². The molecule has 1 aliphatic rings. The van der Waals surface area contributed by atoms with E-state index < -0.39 is 6.10 Å². The molecule has 21 heavy (non-hydrogen) atoms. The number of amides is 1. The molecule has 1 fully saturated rings. The zero-order valence-corrected chi connectivity index (χ0v) is 13.4. The summed E-state index contributed by atoms with van der Waals surface area (Å²) in [7, 11) is 0. The van der Waals surface area contributed by atoms with Crippen molar-refractivity contribution in [1.29, 1.82) is 0 Å². The first-order valence-electron chi connectivity index (χ1n) is 7.15. The number of nitrogens with two attached hydrogens (primary N) is 1. The zero-order valence-electron chi connectivity index (χ0n) is 11.8. The molecule has 0 unspecified atom stereocenters. The van der Waals surface area contributed by atoms with Gasteiger partial charge in [0.05, 0.1) is 4.47 Å². The van der Waals surface area contributed by atoms with Gasteiger partial charge in [0.15, 0.2) is 0 Å². The van der Waals surface area contributed by atoms with Crippen LogP contribution in [0.1, 0.15) is 19.3 Å². The van der Waals surface area contributed by atoms with E-state index in [2.05, 4.69) is 21.2 Å². The largest absolute Gasteiger partial charge is 0.490 e. The molecule has 0 radical (unpaired) electrons. The summed E-state index contributed by atoms with van der Waals surface area (Å²) in [5, 5.41) is 12.6. The lowest BCUT2D eigenvalue weighted by atomic mass is 10.1. The predicted molar refractivity (Wildman–Crippen MR) is 84.0 cm³/mol. The molecule has 0 bridgehead atoms. The normalized spacial score (nSPS) is 22.8. The van der Waals surface area contributed by atoms with Gasteiger partial charge in [-0.1, -0.05) is 12.1 Å². The van der Waals surface area contributed by atoms with E-state index in [-0.39, 0.29) is 31.0 Å². The number of halogens is 1. The zero-order chi connectivity index (χ0) is 15.2. The Bertz CT molecular complexity index is 484. The average molecular weight is 357 g/mol. The van der Waals surface area contributed by atoms with Gasteiger partial charge < -0.3 is 20.9 Å². The fraction of sp³-hybridized carbons (Fsp3) is 0.533. The third-order valence-corrected chi connectivity index (χ3v) is 4.28. The van der Waals surface area contributed by atoms with Crippen molar-refractivity contribution in [2.24, 2.45) is 11.7 Å². The van der Waals surface area contributed by atoms with E-state index in [1.54, 1.807) is 0 Å². The van der Waals surface area contributed by atoms with Gasteiger partial charge >= 0.3 is 0 Å². The highest BCUT2D eigenvalue weighted by atomic mass is 79.9. The lowest BCUT2D eigenvalue weighted by Gasteiger charge is -2.16. The lowest BCUT2D eigenvalue weighted by Crippen LogP contribution is -2.38. The highest BCUT2D eigenvalue weighted by Crippen LogP contribution is 2.24. The Kier molecular flexibility index (Phi) is 6.02. The van der Waals surface area contributed by atoms with Gasteiger partial charge in [0.2, 0.25) is 5.91 Å². The van der Waals surface area contributed by atoms with Gasteiger partial charge in [-0.15, -0.1) is 0 Å². The molecular formula is C15H21BrN2O3. The Labute approximate surface area is 133 Å². The molecule has 1 aromatic carbocycles. The molecular weight excluding hydrogens is 336 g/mol. The highest BCUT2D eigenvalue weighted by molar-refractivity contribution is 9.10. The monoisotopic (exact) mass is 356 g/mol. The van der Waals surface area contributed by atoms with Crippen molar-refractivity contribution in [3.8, 4) is 5.75 Å². The van der Waals surface area contributed by atoms with Crippen molar-refractivity contribution >= 4 is 21.8 Å². The van der Waals surface area contributed by atoms with E-state index in [4.69, 9.17) is 10.5 Å². The predicted octanol–water partition coefficient (Wildman–Crippen LogP) is 1.43. The molecule has 0 saturated heterocycles. The van der Waals surface area contributed by atoms with Crippen molar-refractivity contribution in [3.05, 3.63) is 28.7 Å². The Morgan fingerprint density at radius 2 is 2.24 bits per heavy atom. The van der Waals surface area contributed by atoms with Crippen LogP contribution in [0.15, 0.2) is 28.7 Å². The Morgan fingerprint density at radius 1 is 1.48 bits per heavy atom. The SMILES string of the molecule is N[C@@H]1CC[C@H](C(=O)NC[C@@H](O)COc2ccccc2Br)C1. The Hall–Kier alpha value is -1.11. The number of aliphatic hydroxyl groups excluding tert-OH is 1. The molecule has 2 rings (SSSR count). The molecule has 5 nitrogen and oxygen atoms in total. The minimum atomic E-state index is -0.740. The first-order chi connectivity index (χ1) is 10.1. The van der Waals surface area contributed by atoms with Crippen LogP contribution in [0.4, 0.5) is 0 Å². The maximum absolute atomic E-state index is 11.9. The van der Waals surface area contributed by atoms with Gasteiger partial charge in [-0.05, 0) is 47.3 Å². The number of carbonyl (C=O) groups excluding carboxylic acids is 1. The third kappa shape index (κ3) is 4.98. The topological polar surface area (TPSA) is 84.6 Å². The summed E-state index contributed by atoms with van der Waals surface area (Å²) < 4.78 is 6.34. The van der Waals surface area contributed by atoms with Crippen molar-refractivity contribution in [2.45, 2.75) is 31.4 Å². The van der Waals surface area contributed by atoms with Gasteiger partial charge in [-0.2, -0.15) is 0 Å². The molecule has 0 heterocycles. The van der Waals surface area contributed by atoms with Crippen LogP contribution in [0, 0.1) is 5.92 Å². The van der Waals surface area contributed by atoms with Gasteiger partial charge in [-0.25, -0.2) is 0 Å². The van der Waals surface area contributed by atoms with Crippen LogP contribution in [-0.2, 0) is 4.79 Å². The van der Waals surface area contributed by atoms with Crippen LogP contribution in [0.3, 0.4) is 0 Å². The molecule has 1 aliphatic carbocycles. The standard InChI is InChI=1S/C15H21BrN2O3/c16-13-3-1-2-4-14(13)21-9-12(19)8-18-15(20)10-5-6-11(17)7-10/h1-4,10-12,19H,5-9,17H2,(H,18,20)/t10-,11+,12+/m0/s1. The van der Waals surface area contributed by atoms with Gasteiger partial charge in [0.1, 0.15) is 18.5 Å². The molecule has 0 spiro atoms. The molecule has 1 amide bonds. The van der Waals surface area contributed by atoms with E-state index >= 15 is 0 Å². The molecule has 1 saturated carbocycles. The lowest BCUT2D eigenvalue weighted by molar-refractivity contribution is -0.125. The van der Waals surface area contributed by atoms with Crippen molar-refractivity contribution < 1.29 is 14.6 Å². The highest BCUT2D eigenvalue weighted by Gasteiger charge is 2.27. The van der Waals surface area contributed by atoms with E-state index in [9.17, 15) is 9.90 Å². The first-order valence-corrected chi connectivity index (χ1v) is 7.94. The fourth-order valence-corrected chi connectivity index (χ4v) is 2.82. The number of hydrogen-bond donors (Lipinski definition) is 3. The molecule has 3 atom stereocenters. The van der Waals surface area contributed by atoms with E-state index in [0.717, 1.165) is 23.7 Å². The molecule has 0 aliphatic heterocycles. The Morgan fingerprint density at radius 3 is 2.90 bits per heavy atom. The van der Waals surface area contributed by atoms with Gasteiger partial charge in [-0.3, -0.25) is 4.79 Å². The van der Waals surface area contributed by atoms with Gasteiger partial charge in [0.25, 0.3) is 0 Å². The summed E-state index contributed by atoms with van der Waals surface area (Å²) in [5.41, 5.74) is 5.79. The summed E-state index contributed by atoms with van der Waals surface area (Å²) in [6, 6.07) is 7.56. The summed E-state index contributed by atoms with van der Waals surface area (Å²) in [6.45, 7) is 0.322. The van der Waals surface area contributed by atoms with Crippen LogP contribution in [-0.4, -0.2) is 36.3 Å². The first kappa shape index (κ1) is 16.3. The maximum atomic E-state index is 11.9. The van der Waals surface area contributed by atoms with Crippen LogP contribution in [0.5, 0.6) is 5.75 Å². The number of para-hydroxylation sites is 1. The fourth-order valence-electron chi connectivity index (χ4n) is 2.42. The maximum Gasteiger partial charge on any atom is 0.223 e. The molecule has 1 aromatic rings. The van der Waals surface area contributed by atoms with Crippen LogP contribution in [0.25, 0.3) is 0 Å². The second-order valence-electron chi connectivity index (χ2n) is 5.41.